The lowest BCUT2D eigenvalue weighted by atomic mass is 10.1. The normalized spacial score (nSPS) is 10.9. The first-order valence-corrected chi connectivity index (χ1v) is 12.0. The molecule has 0 aliphatic rings. The van der Waals surface area contributed by atoms with Crippen LogP contribution in [0.1, 0.15) is 39.3 Å². The van der Waals surface area contributed by atoms with Gasteiger partial charge in [-0.2, -0.15) is 0 Å². The van der Waals surface area contributed by atoms with Crippen molar-refractivity contribution in [1.82, 2.24) is 9.55 Å². The maximum Gasteiger partial charge on any atom is 0.305 e. The number of carbonyl (C=O) groups is 2. The Morgan fingerprint density at radius 3 is 2.47 bits per heavy atom. The van der Waals surface area contributed by atoms with Crippen molar-refractivity contribution in [3.8, 4) is 0 Å². The minimum atomic E-state index is -0.990. The smallest absolute Gasteiger partial charge is 0.305 e. The van der Waals surface area contributed by atoms with Crippen molar-refractivity contribution in [3.63, 3.8) is 0 Å². The number of halogens is 1. The number of nitrogens with two attached hydrogens (primary N) is 1. The van der Waals surface area contributed by atoms with Gasteiger partial charge in [0.05, 0.1) is 29.7 Å². The van der Waals surface area contributed by atoms with Gasteiger partial charge >= 0.3 is 5.97 Å². The van der Waals surface area contributed by atoms with Crippen LogP contribution in [0.2, 0.25) is 0 Å². The summed E-state index contributed by atoms with van der Waals surface area (Å²) >= 11 is 0. The number of nitrogens with zero attached hydrogens (tertiary/aromatic N) is 3. The van der Waals surface area contributed by atoms with Crippen molar-refractivity contribution >= 4 is 40.1 Å². The Hall–Kier alpha value is -4.73. The Labute approximate surface area is 219 Å². The molecule has 1 heterocycles. The molecule has 0 aliphatic carbocycles. The van der Waals surface area contributed by atoms with Crippen LogP contribution in [-0.2, 0) is 18.4 Å². The van der Waals surface area contributed by atoms with Crippen LogP contribution >= 0.6 is 0 Å². The van der Waals surface area contributed by atoms with Crippen molar-refractivity contribution in [1.29, 1.82) is 5.41 Å². The van der Waals surface area contributed by atoms with E-state index in [1.807, 2.05) is 43.7 Å². The number of carboxylic acid groups (broad SMARTS) is 1. The van der Waals surface area contributed by atoms with Gasteiger partial charge in [0.25, 0.3) is 5.91 Å². The van der Waals surface area contributed by atoms with Crippen LogP contribution in [0.25, 0.3) is 11.0 Å². The topological polar surface area (TPSA) is 137 Å². The number of rotatable bonds is 9. The van der Waals surface area contributed by atoms with E-state index in [2.05, 4.69) is 10.3 Å². The number of fused-ring (bicyclic) bond motifs is 1. The molecule has 5 N–H and O–H groups in total. The molecule has 0 bridgehead atoms. The molecule has 10 heteroatoms. The summed E-state index contributed by atoms with van der Waals surface area (Å²) in [5.74, 6) is -1.44. The zero-order valence-corrected chi connectivity index (χ0v) is 21.4. The highest BCUT2D eigenvalue weighted by Gasteiger charge is 2.21. The first kappa shape index (κ1) is 26.3. The largest absolute Gasteiger partial charge is 0.481 e. The molecule has 0 saturated carbocycles. The summed E-state index contributed by atoms with van der Waals surface area (Å²) in [7, 11) is 1.83. The molecule has 9 nitrogen and oxygen atoms in total. The lowest BCUT2D eigenvalue weighted by molar-refractivity contribution is -0.136. The molecule has 0 fully saturated rings. The molecule has 0 aliphatic heterocycles. The average Bonchev–Trinajstić information content (AvgIpc) is 3.19. The van der Waals surface area contributed by atoms with Crippen LogP contribution in [0, 0.1) is 25.1 Å². The summed E-state index contributed by atoms with van der Waals surface area (Å²) in [6.45, 7) is 4.16. The summed E-state index contributed by atoms with van der Waals surface area (Å²) in [5, 5.41) is 19.7. The Morgan fingerprint density at radius 2 is 1.82 bits per heavy atom. The summed E-state index contributed by atoms with van der Waals surface area (Å²) in [6, 6.07) is 15.0. The summed E-state index contributed by atoms with van der Waals surface area (Å²) in [5.41, 5.74) is 10.4. The van der Waals surface area contributed by atoms with Gasteiger partial charge in [-0.25, -0.2) is 9.37 Å². The van der Waals surface area contributed by atoms with Crippen LogP contribution in [0.5, 0.6) is 0 Å². The standard InChI is InChI=1S/C28H29FN6O3/c1-16-4-7-20(12-17(16)2)35(11-10-26(36)37)28(38)19-6-9-24-23(14-19)33-25(34(24)3)15-32-22-8-5-18(27(30)31)13-21(22)29/h4-9,12-14,32H,10-11,15H2,1-3H3,(H3,30,31)(H,36,37). The van der Waals surface area contributed by atoms with Gasteiger partial charge in [-0.3, -0.25) is 15.0 Å². The second-order valence-electron chi connectivity index (χ2n) is 9.12. The third-order valence-corrected chi connectivity index (χ3v) is 6.53. The number of hydrogen-bond donors (Lipinski definition) is 4. The number of aryl methyl sites for hydroxylation is 3. The monoisotopic (exact) mass is 516 g/mol. The van der Waals surface area contributed by atoms with Gasteiger partial charge in [-0.05, 0) is 73.5 Å². The molecule has 1 aromatic heterocycles. The van der Waals surface area contributed by atoms with E-state index in [4.69, 9.17) is 11.1 Å². The molecular weight excluding hydrogens is 487 g/mol. The van der Waals surface area contributed by atoms with E-state index in [1.54, 1.807) is 24.3 Å². The van der Waals surface area contributed by atoms with Crippen molar-refractivity contribution in [3.05, 3.63) is 88.5 Å². The van der Waals surface area contributed by atoms with E-state index in [0.29, 0.717) is 28.2 Å². The molecule has 3 aromatic carbocycles. The van der Waals surface area contributed by atoms with Crippen LogP contribution in [-0.4, -0.2) is 38.9 Å². The van der Waals surface area contributed by atoms with Crippen molar-refractivity contribution < 1.29 is 19.1 Å². The molecule has 196 valence electrons. The second kappa shape index (κ2) is 10.7. The fraction of sp³-hybridized carbons (Fsp3) is 0.214. The number of nitrogen functional groups attached to an aromatic ring is 1. The number of hydrogen-bond acceptors (Lipinski definition) is 5. The molecule has 4 rings (SSSR count). The number of nitrogens with one attached hydrogen (secondary N) is 2. The van der Waals surface area contributed by atoms with Gasteiger partial charge in [0, 0.05) is 30.4 Å². The predicted molar refractivity (Wildman–Crippen MR) is 145 cm³/mol. The van der Waals surface area contributed by atoms with E-state index < -0.39 is 11.8 Å². The fourth-order valence-corrected chi connectivity index (χ4v) is 4.15. The first-order valence-electron chi connectivity index (χ1n) is 12.0. The molecule has 0 atom stereocenters. The highest BCUT2D eigenvalue weighted by Crippen LogP contribution is 2.24. The number of carboxylic acids is 1. The molecular formula is C28H29FN6O3. The van der Waals surface area contributed by atoms with Crippen molar-refractivity contribution in [2.75, 3.05) is 16.8 Å². The third-order valence-electron chi connectivity index (χ3n) is 6.53. The van der Waals surface area contributed by atoms with E-state index in [9.17, 15) is 19.1 Å². The number of aliphatic carboxylic acids is 1. The zero-order chi connectivity index (χ0) is 27.6. The highest BCUT2D eigenvalue weighted by molar-refractivity contribution is 6.08. The minimum Gasteiger partial charge on any atom is -0.481 e. The van der Waals surface area contributed by atoms with Crippen molar-refractivity contribution in [2.24, 2.45) is 12.8 Å². The predicted octanol–water partition coefficient (Wildman–Crippen LogP) is 4.35. The molecule has 4 aromatic rings. The summed E-state index contributed by atoms with van der Waals surface area (Å²) in [6.07, 6.45) is -0.190. The summed E-state index contributed by atoms with van der Waals surface area (Å²) in [4.78, 5) is 30.9. The van der Waals surface area contributed by atoms with Crippen LogP contribution in [0.4, 0.5) is 15.8 Å². The molecule has 0 saturated heterocycles. The van der Waals surface area contributed by atoms with Gasteiger partial charge in [0.2, 0.25) is 0 Å². The zero-order valence-electron chi connectivity index (χ0n) is 21.4. The quantitative estimate of drug-likeness (QED) is 0.193. The number of anilines is 2. The first-order chi connectivity index (χ1) is 18.0. The van der Waals surface area contributed by atoms with E-state index >= 15 is 0 Å². The number of amidine groups is 1. The van der Waals surface area contributed by atoms with Gasteiger partial charge in [-0.1, -0.05) is 6.07 Å². The van der Waals surface area contributed by atoms with Crippen molar-refractivity contribution in [2.45, 2.75) is 26.8 Å². The number of carbonyl (C=O) groups excluding carboxylic acids is 1. The SMILES string of the molecule is Cc1ccc(N(CCC(=O)O)C(=O)c2ccc3c(c2)nc(CNc2ccc(C(=N)N)cc2F)n3C)cc1C. The molecule has 1 amide bonds. The lowest BCUT2D eigenvalue weighted by Crippen LogP contribution is -2.33. The second-order valence-corrected chi connectivity index (χ2v) is 9.12. The van der Waals surface area contributed by atoms with Gasteiger partial charge in [0.15, 0.2) is 0 Å². The Bertz CT molecular complexity index is 1560. The molecule has 0 spiro atoms. The molecule has 38 heavy (non-hydrogen) atoms. The number of aromatic nitrogens is 2. The summed E-state index contributed by atoms with van der Waals surface area (Å²) < 4.78 is 16.3. The number of imidazole rings is 1. The van der Waals surface area contributed by atoms with Gasteiger partial charge in [0.1, 0.15) is 17.5 Å². The number of amides is 1. The fourth-order valence-electron chi connectivity index (χ4n) is 4.15. The van der Waals surface area contributed by atoms with Gasteiger partial charge in [-0.15, -0.1) is 0 Å². The maximum absolute atomic E-state index is 14.4. The molecule has 0 radical (unpaired) electrons. The van der Waals surface area contributed by atoms with Gasteiger partial charge < -0.3 is 25.6 Å². The molecule has 0 unspecified atom stereocenters. The van der Waals surface area contributed by atoms with Crippen LogP contribution in [0.15, 0.2) is 54.6 Å². The number of benzene rings is 3. The van der Waals surface area contributed by atoms with Crippen LogP contribution < -0.4 is 16.0 Å². The Morgan fingerprint density at radius 1 is 1.08 bits per heavy atom. The average molecular weight is 517 g/mol. The third kappa shape index (κ3) is 5.49. The van der Waals surface area contributed by atoms with Crippen LogP contribution in [0.3, 0.4) is 0 Å². The Balaban J connectivity index is 1.60. The van der Waals surface area contributed by atoms with E-state index in [-0.39, 0.29) is 36.9 Å². The van der Waals surface area contributed by atoms with E-state index in [1.165, 1.54) is 17.0 Å². The minimum absolute atomic E-state index is 0.0279. The highest BCUT2D eigenvalue weighted by atomic mass is 19.1. The lowest BCUT2D eigenvalue weighted by Gasteiger charge is -2.23. The maximum atomic E-state index is 14.4. The Kier molecular flexibility index (Phi) is 7.43. The van der Waals surface area contributed by atoms with E-state index in [0.717, 1.165) is 16.6 Å².